The van der Waals surface area contributed by atoms with Gasteiger partial charge in [-0.2, -0.15) is 0 Å². The first-order chi connectivity index (χ1) is 11.7. The highest BCUT2D eigenvalue weighted by Crippen LogP contribution is 2.15. The number of hydrogen-bond donors (Lipinski definition) is 2. The minimum Gasteiger partial charge on any atom is -0.392 e. The van der Waals surface area contributed by atoms with Crippen LogP contribution in [0.3, 0.4) is 0 Å². The summed E-state index contributed by atoms with van der Waals surface area (Å²) in [5, 5.41) is 12.9. The smallest absolute Gasteiger partial charge is 0.251 e. The van der Waals surface area contributed by atoms with Gasteiger partial charge in [0, 0.05) is 23.2 Å². The molecule has 0 spiro atoms. The number of rotatable bonds is 5. The van der Waals surface area contributed by atoms with Gasteiger partial charge >= 0.3 is 0 Å². The van der Waals surface area contributed by atoms with E-state index in [2.05, 4.69) is 10.3 Å². The first-order valence-electron chi connectivity index (χ1n) is 8.00. The normalized spacial score (nSPS) is 10.8. The summed E-state index contributed by atoms with van der Waals surface area (Å²) >= 11 is 0. The van der Waals surface area contributed by atoms with Crippen molar-refractivity contribution in [2.24, 2.45) is 0 Å². The van der Waals surface area contributed by atoms with E-state index in [9.17, 15) is 4.79 Å². The van der Waals surface area contributed by atoms with Gasteiger partial charge in [-0.3, -0.25) is 9.78 Å². The van der Waals surface area contributed by atoms with Crippen molar-refractivity contribution in [3.8, 4) is 0 Å². The van der Waals surface area contributed by atoms with E-state index < -0.39 is 0 Å². The average Bonchev–Trinajstić information content (AvgIpc) is 2.61. The number of aromatic nitrogens is 1. The molecule has 0 aliphatic heterocycles. The lowest BCUT2D eigenvalue weighted by Crippen LogP contribution is -2.25. The van der Waals surface area contributed by atoms with Gasteiger partial charge in [-0.15, -0.1) is 0 Å². The van der Waals surface area contributed by atoms with Crippen LogP contribution in [0.1, 0.15) is 27.2 Å². The van der Waals surface area contributed by atoms with Crippen LogP contribution in [0, 0.1) is 6.92 Å². The van der Waals surface area contributed by atoms with Gasteiger partial charge in [0.25, 0.3) is 5.91 Å². The average molecular weight is 320 g/mol. The Kier molecular flexibility index (Phi) is 4.87. The Hall–Kier alpha value is -2.72. The lowest BCUT2D eigenvalue weighted by Gasteiger charge is -2.07. The van der Waals surface area contributed by atoms with Crippen molar-refractivity contribution in [3.63, 3.8) is 0 Å². The highest BCUT2D eigenvalue weighted by molar-refractivity contribution is 5.97. The van der Waals surface area contributed by atoms with E-state index in [0.29, 0.717) is 12.1 Å². The molecule has 24 heavy (non-hydrogen) atoms. The minimum atomic E-state index is -0.0792. The molecule has 2 N–H and O–H groups in total. The number of carbonyl (C=O) groups excluding carboxylic acids is 1. The molecule has 0 saturated carbocycles. The predicted octanol–water partition coefficient (Wildman–Crippen LogP) is 3.01. The van der Waals surface area contributed by atoms with Crippen LogP contribution in [0.25, 0.3) is 10.9 Å². The summed E-state index contributed by atoms with van der Waals surface area (Å²) in [6, 6.07) is 17.2. The van der Waals surface area contributed by atoms with Crippen LogP contribution in [0.4, 0.5) is 0 Å². The molecular weight excluding hydrogens is 300 g/mol. The largest absolute Gasteiger partial charge is 0.392 e. The Balaban J connectivity index is 1.61. The van der Waals surface area contributed by atoms with E-state index in [1.54, 1.807) is 6.07 Å². The zero-order chi connectivity index (χ0) is 16.9. The quantitative estimate of drug-likeness (QED) is 0.759. The Morgan fingerprint density at radius 3 is 2.54 bits per heavy atom. The van der Waals surface area contributed by atoms with Gasteiger partial charge in [0.1, 0.15) is 0 Å². The zero-order valence-corrected chi connectivity index (χ0v) is 13.6. The van der Waals surface area contributed by atoms with Crippen molar-refractivity contribution in [2.75, 3.05) is 6.54 Å². The van der Waals surface area contributed by atoms with Gasteiger partial charge in [0.15, 0.2) is 0 Å². The Bertz CT molecular complexity index is 857. The number of benzene rings is 2. The summed E-state index contributed by atoms with van der Waals surface area (Å²) < 4.78 is 0. The third-order valence-corrected chi connectivity index (χ3v) is 4.00. The second-order valence-corrected chi connectivity index (χ2v) is 5.84. The second kappa shape index (κ2) is 7.23. The number of aryl methyl sites for hydroxylation is 1. The molecule has 0 radical (unpaired) electrons. The minimum absolute atomic E-state index is 0.0490. The molecule has 122 valence electrons. The van der Waals surface area contributed by atoms with E-state index in [1.807, 2.05) is 55.5 Å². The third-order valence-electron chi connectivity index (χ3n) is 4.00. The van der Waals surface area contributed by atoms with Crippen LogP contribution in [-0.2, 0) is 13.0 Å². The number of carbonyl (C=O) groups is 1. The van der Waals surface area contributed by atoms with E-state index in [0.717, 1.165) is 34.1 Å². The van der Waals surface area contributed by atoms with Crippen LogP contribution in [0.5, 0.6) is 0 Å². The number of aliphatic hydroxyl groups excluding tert-OH is 1. The van der Waals surface area contributed by atoms with Crippen molar-refractivity contribution < 1.29 is 9.90 Å². The van der Waals surface area contributed by atoms with E-state index >= 15 is 0 Å². The molecule has 0 aliphatic carbocycles. The molecule has 4 nitrogen and oxygen atoms in total. The van der Waals surface area contributed by atoms with Gasteiger partial charge in [-0.05, 0) is 48.7 Å². The van der Waals surface area contributed by atoms with E-state index in [1.165, 1.54) is 0 Å². The number of nitrogens with one attached hydrogen (secondary N) is 1. The first kappa shape index (κ1) is 16.1. The summed E-state index contributed by atoms with van der Waals surface area (Å²) in [5.41, 5.74) is 4.53. The Labute approximate surface area is 141 Å². The Morgan fingerprint density at radius 1 is 1.04 bits per heavy atom. The topological polar surface area (TPSA) is 62.2 Å². The molecule has 2 aromatic carbocycles. The van der Waals surface area contributed by atoms with Gasteiger partial charge in [-0.1, -0.05) is 30.3 Å². The Morgan fingerprint density at radius 2 is 1.79 bits per heavy atom. The van der Waals surface area contributed by atoms with Crippen molar-refractivity contribution >= 4 is 16.8 Å². The van der Waals surface area contributed by atoms with Gasteiger partial charge in [0.2, 0.25) is 0 Å². The fraction of sp³-hybridized carbons (Fsp3) is 0.200. The molecule has 0 bridgehead atoms. The number of fused-ring (bicyclic) bond motifs is 1. The molecule has 0 unspecified atom stereocenters. The number of nitrogens with zero attached hydrogens (tertiary/aromatic N) is 1. The third kappa shape index (κ3) is 3.78. The zero-order valence-electron chi connectivity index (χ0n) is 13.6. The summed E-state index contributed by atoms with van der Waals surface area (Å²) in [5.74, 6) is -0.0792. The number of aliphatic hydroxyl groups is 1. The van der Waals surface area contributed by atoms with E-state index in [4.69, 9.17) is 5.11 Å². The van der Waals surface area contributed by atoms with Crippen molar-refractivity contribution in [2.45, 2.75) is 20.0 Å². The molecule has 0 saturated heterocycles. The molecule has 0 aliphatic rings. The van der Waals surface area contributed by atoms with Crippen molar-refractivity contribution in [3.05, 3.63) is 77.0 Å². The molecule has 0 fully saturated rings. The fourth-order valence-corrected chi connectivity index (χ4v) is 2.60. The second-order valence-electron chi connectivity index (χ2n) is 5.84. The summed E-state index contributed by atoms with van der Waals surface area (Å²) in [6.45, 7) is 2.57. The maximum absolute atomic E-state index is 12.3. The molecule has 1 amide bonds. The van der Waals surface area contributed by atoms with Crippen LogP contribution >= 0.6 is 0 Å². The number of hydrogen-bond acceptors (Lipinski definition) is 3. The van der Waals surface area contributed by atoms with Crippen molar-refractivity contribution in [1.82, 2.24) is 10.3 Å². The number of pyridine rings is 1. The van der Waals surface area contributed by atoms with E-state index in [-0.39, 0.29) is 12.5 Å². The van der Waals surface area contributed by atoms with Crippen LogP contribution < -0.4 is 5.32 Å². The SMILES string of the molecule is Cc1ccc2cc(C(=O)NCCc3ccc(CO)cc3)ccc2n1. The highest BCUT2D eigenvalue weighted by atomic mass is 16.3. The van der Waals surface area contributed by atoms with Gasteiger partial charge < -0.3 is 10.4 Å². The van der Waals surface area contributed by atoms with Crippen LogP contribution in [0.2, 0.25) is 0 Å². The summed E-state index contributed by atoms with van der Waals surface area (Å²) in [7, 11) is 0. The molecule has 0 atom stereocenters. The summed E-state index contributed by atoms with van der Waals surface area (Å²) in [6.07, 6.45) is 0.756. The van der Waals surface area contributed by atoms with Crippen LogP contribution in [-0.4, -0.2) is 22.5 Å². The molecule has 3 aromatic rings. The molecule has 1 aromatic heterocycles. The lowest BCUT2D eigenvalue weighted by molar-refractivity contribution is 0.0954. The van der Waals surface area contributed by atoms with Crippen LogP contribution in [0.15, 0.2) is 54.6 Å². The van der Waals surface area contributed by atoms with Crippen molar-refractivity contribution in [1.29, 1.82) is 0 Å². The maximum atomic E-state index is 12.3. The predicted molar refractivity (Wildman–Crippen MR) is 94.9 cm³/mol. The molecule has 3 rings (SSSR count). The summed E-state index contributed by atoms with van der Waals surface area (Å²) in [4.78, 5) is 16.7. The molecule has 4 heteroatoms. The molecule has 1 heterocycles. The van der Waals surface area contributed by atoms with Gasteiger partial charge in [-0.25, -0.2) is 0 Å². The lowest BCUT2D eigenvalue weighted by atomic mass is 10.1. The molecular formula is C20H20N2O2. The monoisotopic (exact) mass is 320 g/mol. The highest BCUT2D eigenvalue weighted by Gasteiger charge is 2.06. The standard InChI is InChI=1S/C20H20N2O2/c1-14-2-7-17-12-18(8-9-19(17)22-14)20(24)21-11-10-15-3-5-16(13-23)6-4-15/h2-9,12,23H,10-11,13H2,1H3,(H,21,24). The number of amides is 1. The first-order valence-corrected chi connectivity index (χ1v) is 8.00. The fourth-order valence-electron chi connectivity index (χ4n) is 2.60. The maximum Gasteiger partial charge on any atom is 0.251 e. The van der Waals surface area contributed by atoms with Gasteiger partial charge in [0.05, 0.1) is 12.1 Å².